The van der Waals surface area contributed by atoms with E-state index in [4.69, 9.17) is 0 Å². The number of benzene rings is 1. The normalized spacial score (nSPS) is 21.8. The summed E-state index contributed by atoms with van der Waals surface area (Å²) < 4.78 is 0. The molecular formula is C24H28N2. The highest BCUT2D eigenvalue weighted by atomic mass is 15.3. The van der Waals surface area contributed by atoms with Gasteiger partial charge in [0, 0.05) is 5.70 Å². The predicted octanol–water partition coefficient (Wildman–Crippen LogP) is 5.24. The van der Waals surface area contributed by atoms with E-state index in [0.29, 0.717) is 0 Å². The van der Waals surface area contributed by atoms with Crippen LogP contribution in [0.15, 0.2) is 110 Å². The lowest BCUT2D eigenvalue weighted by molar-refractivity contribution is 0.226. The minimum atomic E-state index is 0.0163. The zero-order chi connectivity index (χ0) is 18.9. The van der Waals surface area contributed by atoms with Gasteiger partial charge in [-0.25, -0.2) is 0 Å². The molecule has 1 aromatic rings. The molecule has 2 atom stereocenters. The summed E-state index contributed by atoms with van der Waals surface area (Å²) in [5.74, 6) is 0. The van der Waals surface area contributed by atoms with E-state index in [1.165, 1.54) is 0 Å². The van der Waals surface area contributed by atoms with Crippen molar-refractivity contribution in [3.8, 4) is 0 Å². The topological polar surface area (TPSA) is 15.3 Å². The molecular weight excluding hydrogens is 316 g/mol. The lowest BCUT2D eigenvalue weighted by Gasteiger charge is -2.41. The summed E-state index contributed by atoms with van der Waals surface area (Å²) in [6.07, 6.45) is 16.0. The summed E-state index contributed by atoms with van der Waals surface area (Å²) in [5.41, 5.74) is 4.53. The number of hydrogen-bond donors (Lipinski definition) is 1. The van der Waals surface area contributed by atoms with Crippen molar-refractivity contribution in [3.05, 3.63) is 115 Å². The molecule has 0 aromatic heterocycles. The molecule has 1 aliphatic heterocycles. The summed E-state index contributed by atoms with van der Waals surface area (Å²) in [5, 5.41) is 3.67. The Labute approximate surface area is 157 Å². The largest absolute Gasteiger partial charge is 0.366 e. The maximum absolute atomic E-state index is 3.99. The molecule has 0 saturated heterocycles. The van der Waals surface area contributed by atoms with E-state index in [9.17, 15) is 0 Å². The van der Waals surface area contributed by atoms with Crippen molar-refractivity contribution in [1.82, 2.24) is 10.2 Å². The van der Waals surface area contributed by atoms with E-state index in [0.717, 1.165) is 22.4 Å². The fourth-order valence-corrected chi connectivity index (χ4v) is 3.17. The predicted molar refractivity (Wildman–Crippen MR) is 114 cm³/mol. The lowest BCUT2D eigenvalue weighted by atomic mass is 9.96. The van der Waals surface area contributed by atoms with Crippen molar-refractivity contribution in [2.24, 2.45) is 0 Å². The number of nitrogens with one attached hydrogen (secondary N) is 1. The SMILES string of the molecule is C=C/C=C(\C=C)C1C=C(c2ccccc2)NC(C(/C=C\C)=C/C=C)N1C. The second-order valence-electron chi connectivity index (χ2n) is 6.11. The number of allylic oxidation sites excluding steroid dienone is 5. The molecule has 0 spiro atoms. The Morgan fingerprint density at radius 2 is 1.69 bits per heavy atom. The van der Waals surface area contributed by atoms with Crippen molar-refractivity contribution in [2.75, 3.05) is 7.05 Å². The number of hydrogen-bond acceptors (Lipinski definition) is 2. The van der Waals surface area contributed by atoms with Gasteiger partial charge in [-0.1, -0.05) is 92.6 Å². The minimum absolute atomic E-state index is 0.0163. The van der Waals surface area contributed by atoms with Crippen LogP contribution in [0.1, 0.15) is 12.5 Å². The zero-order valence-electron chi connectivity index (χ0n) is 15.7. The first-order valence-corrected chi connectivity index (χ1v) is 8.82. The van der Waals surface area contributed by atoms with Crippen molar-refractivity contribution in [3.63, 3.8) is 0 Å². The summed E-state index contributed by atoms with van der Waals surface area (Å²) >= 11 is 0. The first-order valence-electron chi connectivity index (χ1n) is 8.82. The molecule has 0 saturated carbocycles. The van der Waals surface area contributed by atoms with Crippen LogP contribution in [0.25, 0.3) is 5.70 Å². The molecule has 134 valence electrons. The van der Waals surface area contributed by atoms with Crippen LogP contribution in [0, 0.1) is 0 Å². The third kappa shape index (κ3) is 4.41. The highest BCUT2D eigenvalue weighted by Gasteiger charge is 2.30. The van der Waals surface area contributed by atoms with Crippen LogP contribution < -0.4 is 5.32 Å². The van der Waals surface area contributed by atoms with Gasteiger partial charge < -0.3 is 5.32 Å². The lowest BCUT2D eigenvalue weighted by Crippen LogP contribution is -2.52. The smallest absolute Gasteiger partial charge is 0.106 e. The van der Waals surface area contributed by atoms with E-state index in [1.807, 2.05) is 49.4 Å². The first kappa shape index (κ1) is 19.5. The summed E-state index contributed by atoms with van der Waals surface area (Å²) in [7, 11) is 2.11. The number of rotatable bonds is 7. The monoisotopic (exact) mass is 344 g/mol. The highest BCUT2D eigenvalue weighted by Crippen LogP contribution is 2.28. The second kappa shape index (κ2) is 9.59. The third-order valence-corrected chi connectivity index (χ3v) is 4.42. The van der Waals surface area contributed by atoms with Gasteiger partial charge in [0.25, 0.3) is 0 Å². The fourth-order valence-electron chi connectivity index (χ4n) is 3.17. The average Bonchev–Trinajstić information content (AvgIpc) is 2.67. The molecule has 1 N–H and O–H groups in total. The third-order valence-electron chi connectivity index (χ3n) is 4.42. The van der Waals surface area contributed by atoms with Gasteiger partial charge in [0.05, 0.1) is 6.04 Å². The quantitative estimate of drug-likeness (QED) is 0.680. The molecule has 0 bridgehead atoms. The van der Waals surface area contributed by atoms with E-state index < -0.39 is 0 Å². The van der Waals surface area contributed by atoms with Gasteiger partial charge in [-0.05, 0) is 36.8 Å². The molecule has 1 aromatic carbocycles. The summed E-state index contributed by atoms with van der Waals surface area (Å²) in [6, 6.07) is 10.5. The summed E-state index contributed by atoms with van der Waals surface area (Å²) in [6.45, 7) is 13.7. The molecule has 2 heteroatoms. The van der Waals surface area contributed by atoms with Gasteiger partial charge in [-0.3, -0.25) is 4.90 Å². The van der Waals surface area contributed by atoms with Crippen LogP contribution >= 0.6 is 0 Å². The van der Waals surface area contributed by atoms with Crippen LogP contribution in [-0.2, 0) is 0 Å². The van der Waals surface area contributed by atoms with Crippen LogP contribution in [0.2, 0.25) is 0 Å². The molecule has 0 aliphatic carbocycles. The van der Waals surface area contributed by atoms with E-state index >= 15 is 0 Å². The fraction of sp³-hybridized carbons (Fsp3) is 0.167. The van der Waals surface area contributed by atoms with Gasteiger partial charge in [-0.2, -0.15) is 0 Å². The van der Waals surface area contributed by atoms with Crippen molar-refractivity contribution >= 4 is 5.70 Å². The molecule has 2 nitrogen and oxygen atoms in total. The molecule has 0 amide bonds. The molecule has 1 aliphatic rings. The molecule has 0 fully saturated rings. The average molecular weight is 345 g/mol. The van der Waals surface area contributed by atoms with Crippen LogP contribution in [0.5, 0.6) is 0 Å². The Morgan fingerprint density at radius 1 is 1.04 bits per heavy atom. The Morgan fingerprint density at radius 3 is 2.27 bits per heavy atom. The molecule has 26 heavy (non-hydrogen) atoms. The maximum Gasteiger partial charge on any atom is 0.106 e. The Kier molecular flexibility index (Phi) is 7.19. The van der Waals surface area contributed by atoms with Gasteiger partial charge in [-0.15, -0.1) is 0 Å². The molecule has 2 unspecified atom stereocenters. The minimum Gasteiger partial charge on any atom is -0.366 e. The second-order valence-corrected chi connectivity index (χ2v) is 6.11. The van der Waals surface area contributed by atoms with E-state index in [1.54, 1.807) is 0 Å². The van der Waals surface area contributed by atoms with Gasteiger partial charge >= 0.3 is 0 Å². The van der Waals surface area contributed by atoms with Crippen molar-refractivity contribution in [1.29, 1.82) is 0 Å². The van der Waals surface area contributed by atoms with Crippen molar-refractivity contribution < 1.29 is 0 Å². The van der Waals surface area contributed by atoms with Crippen LogP contribution in [-0.4, -0.2) is 24.2 Å². The maximum atomic E-state index is 3.99. The number of likely N-dealkylation sites (N-methyl/N-ethyl adjacent to an activating group) is 1. The van der Waals surface area contributed by atoms with E-state index in [2.05, 4.69) is 73.4 Å². The summed E-state index contributed by atoms with van der Waals surface area (Å²) in [4.78, 5) is 2.29. The number of nitrogens with zero attached hydrogens (tertiary/aromatic N) is 1. The Hall–Kier alpha value is -2.84. The standard InChI is InChI=1S/C24H28N2/c1-6-13-19(9-4)23-18-22(20-16-11-10-12-17-20)25-24(26(23)5)21(14-7-2)15-8-3/h6-18,23-25H,1-2,4H2,3,5H3/b15-8-,19-13+,21-14+. The Bertz CT molecular complexity index is 763. The molecule has 2 rings (SSSR count). The van der Waals surface area contributed by atoms with Crippen molar-refractivity contribution in [2.45, 2.75) is 19.1 Å². The molecule has 0 radical (unpaired) electrons. The highest BCUT2D eigenvalue weighted by molar-refractivity contribution is 5.67. The van der Waals surface area contributed by atoms with Crippen LogP contribution in [0.4, 0.5) is 0 Å². The van der Waals surface area contributed by atoms with Crippen LogP contribution in [0.3, 0.4) is 0 Å². The van der Waals surface area contributed by atoms with E-state index in [-0.39, 0.29) is 12.2 Å². The van der Waals surface area contributed by atoms with Gasteiger partial charge in [0.15, 0.2) is 0 Å². The van der Waals surface area contributed by atoms with Gasteiger partial charge in [0.2, 0.25) is 0 Å². The first-order chi connectivity index (χ1) is 12.7. The zero-order valence-corrected chi connectivity index (χ0v) is 15.7. The Balaban J connectivity index is 2.57. The molecule has 1 heterocycles. The van der Waals surface area contributed by atoms with Gasteiger partial charge in [0.1, 0.15) is 6.17 Å².